The lowest BCUT2D eigenvalue weighted by Crippen LogP contribution is -2.24. The third-order valence-corrected chi connectivity index (χ3v) is 5.83. The van der Waals surface area contributed by atoms with Gasteiger partial charge in [-0.15, -0.1) is 0 Å². The average molecular weight is 359 g/mol. The standard InChI is InChI=1S/C14H21N3O4S2/c1-4-5-6-22(19)11-7-9(2)10(13(18)17-14(15)16)8-12(11)23(3,20)21/h7-8H,4-6H2,1-3H3,(H4,15,16,17,18). The van der Waals surface area contributed by atoms with Crippen molar-refractivity contribution < 1.29 is 17.4 Å². The molecular formula is C14H21N3O4S2. The third kappa shape index (κ3) is 5.14. The van der Waals surface area contributed by atoms with E-state index in [4.69, 9.17) is 11.5 Å². The first-order chi connectivity index (χ1) is 10.6. The van der Waals surface area contributed by atoms with E-state index in [1.54, 1.807) is 6.92 Å². The summed E-state index contributed by atoms with van der Waals surface area (Å²) in [5, 5.41) is 0. The van der Waals surface area contributed by atoms with Crippen LogP contribution in [0, 0.1) is 6.92 Å². The van der Waals surface area contributed by atoms with Crippen LogP contribution in [0.4, 0.5) is 0 Å². The molecule has 0 saturated heterocycles. The molecule has 1 rings (SSSR count). The molecule has 0 aliphatic heterocycles. The fraction of sp³-hybridized carbons (Fsp3) is 0.429. The van der Waals surface area contributed by atoms with Crippen LogP contribution in [-0.4, -0.2) is 36.5 Å². The predicted octanol–water partition coefficient (Wildman–Crippen LogP) is 0.720. The van der Waals surface area contributed by atoms with Crippen molar-refractivity contribution in [2.75, 3.05) is 12.0 Å². The van der Waals surface area contributed by atoms with E-state index in [0.717, 1.165) is 12.7 Å². The minimum Gasteiger partial charge on any atom is -0.370 e. The highest BCUT2D eigenvalue weighted by molar-refractivity contribution is 7.92. The quantitative estimate of drug-likeness (QED) is 0.568. The lowest BCUT2D eigenvalue weighted by atomic mass is 10.1. The second-order valence-electron chi connectivity index (χ2n) is 5.13. The second kappa shape index (κ2) is 7.69. The highest BCUT2D eigenvalue weighted by atomic mass is 32.2. The van der Waals surface area contributed by atoms with E-state index in [0.29, 0.717) is 17.7 Å². The molecule has 0 aliphatic rings. The first kappa shape index (κ1) is 19.3. The molecule has 1 atom stereocenters. The molecule has 1 aromatic carbocycles. The first-order valence-electron chi connectivity index (χ1n) is 6.95. The number of rotatable bonds is 6. The maximum atomic E-state index is 12.4. The van der Waals surface area contributed by atoms with Crippen LogP contribution in [0.1, 0.15) is 35.7 Å². The lowest BCUT2D eigenvalue weighted by Gasteiger charge is -2.12. The van der Waals surface area contributed by atoms with Crippen molar-refractivity contribution in [3.63, 3.8) is 0 Å². The molecule has 0 aromatic heterocycles. The van der Waals surface area contributed by atoms with Crippen LogP contribution in [0.2, 0.25) is 0 Å². The van der Waals surface area contributed by atoms with Gasteiger partial charge in [-0.1, -0.05) is 13.3 Å². The van der Waals surface area contributed by atoms with Crippen molar-refractivity contribution in [2.24, 2.45) is 16.5 Å². The predicted molar refractivity (Wildman–Crippen MR) is 90.6 cm³/mol. The molecule has 0 aliphatic carbocycles. The number of nitrogens with zero attached hydrogens (tertiary/aromatic N) is 1. The Morgan fingerprint density at radius 1 is 1.30 bits per heavy atom. The van der Waals surface area contributed by atoms with Crippen molar-refractivity contribution in [2.45, 2.75) is 36.5 Å². The number of aryl methyl sites for hydroxylation is 1. The van der Waals surface area contributed by atoms with Crippen LogP contribution >= 0.6 is 0 Å². The van der Waals surface area contributed by atoms with Crippen molar-refractivity contribution in [3.8, 4) is 0 Å². The van der Waals surface area contributed by atoms with Gasteiger partial charge in [0.15, 0.2) is 15.8 Å². The van der Waals surface area contributed by atoms with E-state index in [9.17, 15) is 17.4 Å². The van der Waals surface area contributed by atoms with E-state index in [1.165, 1.54) is 12.1 Å². The number of amides is 1. The molecule has 1 unspecified atom stereocenters. The van der Waals surface area contributed by atoms with E-state index >= 15 is 0 Å². The molecule has 128 valence electrons. The second-order valence-corrected chi connectivity index (χ2v) is 8.65. The number of aliphatic imine (C=N–C) groups is 1. The Balaban J connectivity index is 3.51. The Kier molecular flexibility index (Phi) is 6.46. The number of benzene rings is 1. The van der Waals surface area contributed by atoms with Crippen molar-refractivity contribution in [1.82, 2.24) is 0 Å². The Morgan fingerprint density at radius 2 is 1.91 bits per heavy atom. The van der Waals surface area contributed by atoms with Gasteiger partial charge in [-0.05, 0) is 31.0 Å². The Bertz CT molecular complexity index is 766. The van der Waals surface area contributed by atoms with Gasteiger partial charge >= 0.3 is 0 Å². The van der Waals surface area contributed by atoms with Crippen LogP contribution < -0.4 is 11.5 Å². The minimum atomic E-state index is -3.66. The first-order valence-corrected chi connectivity index (χ1v) is 10.2. The van der Waals surface area contributed by atoms with Gasteiger partial charge in [-0.25, -0.2) is 8.42 Å². The minimum absolute atomic E-state index is 0.0649. The summed E-state index contributed by atoms with van der Waals surface area (Å²) in [7, 11) is -5.12. The monoisotopic (exact) mass is 359 g/mol. The summed E-state index contributed by atoms with van der Waals surface area (Å²) in [5.41, 5.74) is 10.9. The fourth-order valence-corrected chi connectivity index (χ4v) is 4.77. The van der Waals surface area contributed by atoms with Crippen LogP contribution in [0.3, 0.4) is 0 Å². The van der Waals surface area contributed by atoms with E-state index in [1.807, 2.05) is 6.92 Å². The third-order valence-electron chi connectivity index (χ3n) is 3.08. The van der Waals surface area contributed by atoms with Crippen molar-refractivity contribution in [1.29, 1.82) is 0 Å². The van der Waals surface area contributed by atoms with Crippen LogP contribution in [0.5, 0.6) is 0 Å². The highest BCUT2D eigenvalue weighted by Crippen LogP contribution is 2.25. The largest absolute Gasteiger partial charge is 0.370 e. The van der Waals surface area contributed by atoms with Crippen molar-refractivity contribution >= 4 is 32.5 Å². The van der Waals surface area contributed by atoms with Crippen LogP contribution in [0.15, 0.2) is 26.9 Å². The SMILES string of the molecule is CCCCS(=O)c1cc(C)c(C(=O)N=C(N)N)cc1S(C)(=O)=O. The molecule has 0 spiro atoms. The zero-order valence-electron chi connectivity index (χ0n) is 13.3. The number of carbonyl (C=O) groups excluding carboxylic acids is 1. The van der Waals surface area contributed by atoms with Gasteiger partial charge in [0, 0.05) is 17.6 Å². The number of hydrogen-bond donors (Lipinski definition) is 2. The number of hydrogen-bond acceptors (Lipinski definition) is 4. The van der Waals surface area contributed by atoms with E-state index in [-0.39, 0.29) is 15.4 Å². The van der Waals surface area contributed by atoms with E-state index < -0.39 is 32.5 Å². The van der Waals surface area contributed by atoms with Crippen LogP contribution in [-0.2, 0) is 20.6 Å². The van der Waals surface area contributed by atoms with Gasteiger partial charge in [0.05, 0.1) is 20.6 Å². The molecule has 0 saturated carbocycles. The molecule has 0 heterocycles. The molecular weight excluding hydrogens is 338 g/mol. The molecule has 0 radical (unpaired) electrons. The van der Waals surface area contributed by atoms with Crippen LogP contribution in [0.25, 0.3) is 0 Å². The smallest absolute Gasteiger partial charge is 0.280 e. The van der Waals surface area contributed by atoms with E-state index in [2.05, 4.69) is 4.99 Å². The average Bonchev–Trinajstić information content (AvgIpc) is 2.42. The maximum Gasteiger partial charge on any atom is 0.280 e. The van der Waals surface area contributed by atoms with Crippen molar-refractivity contribution in [3.05, 3.63) is 23.3 Å². The molecule has 4 N–H and O–H groups in total. The summed E-state index contributed by atoms with van der Waals surface area (Å²) in [6.45, 7) is 3.57. The Hall–Kier alpha value is -1.74. The zero-order chi connectivity index (χ0) is 17.8. The van der Waals surface area contributed by atoms with Gasteiger partial charge in [0.1, 0.15) is 0 Å². The molecule has 0 bridgehead atoms. The number of sulfone groups is 1. The lowest BCUT2D eigenvalue weighted by molar-refractivity contribution is 0.100. The molecule has 0 fully saturated rings. The summed E-state index contributed by atoms with van der Waals surface area (Å²) in [6, 6.07) is 2.65. The number of guanidine groups is 1. The molecule has 7 nitrogen and oxygen atoms in total. The van der Waals surface area contributed by atoms with Gasteiger partial charge in [0.25, 0.3) is 5.91 Å². The molecule has 23 heavy (non-hydrogen) atoms. The summed E-state index contributed by atoms with van der Waals surface area (Å²) in [5.74, 6) is -0.788. The number of nitrogens with two attached hydrogens (primary N) is 2. The Morgan fingerprint density at radius 3 is 2.39 bits per heavy atom. The normalized spacial score (nSPS) is 12.7. The Labute approximate surface area is 138 Å². The maximum absolute atomic E-state index is 12.4. The van der Waals surface area contributed by atoms with Gasteiger partial charge < -0.3 is 11.5 Å². The molecule has 1 amide bonds. The molecule has 1 aromatic rings. The summed E-state index contributed by atoms with van der Waals surface area (Å²) in [6.07, 6.45) is 2.57. The molecule has 9 heteroatoms. The topological polar surface area (TPSA) is 133 Å². The summed E-state index contributed by atoms with van der Waals surface area (Å²) >= 11 is 0. The highest BCUT2D eigenvalue weighted by Gasteiger charge is 2.22. The fourth-order valence-electron chi connectivity index (χ4n) is 1.92. The van der Waals surface area contributed by atoms with Gasteiger partial charge in [-0.2, -0.15) is 4.99 Å². The van der Waals surface area contributed by atoms with Gasteiger partial charge in [0.2, 0.25) is 0 Å². The number of unbranched alkanes of at least 4 members (excludes halogenated alkanes) is 1. The van der Waals surface area contributed by atoms with Gasteiger partial charge in [-0.3, -0.25) is 9.00 Å². The zero-order valence-corrected chi connectivity index (χ0v) is 15.0. The number of carbonyl (C=O) groups is 1. The summed E-state index contributed by atoms with van der Waals surface area (Å²) < 4.78 is 36.4. The summed E-state index contributed by atoms with van der Waals surface area (Å²) in [4.78, 5) is 15.5.